The van der Waals surface area contributed by atoms with Gasteiger partial charge in [-0.1, -0.05) is 37.3 Å². The van der Waals surface area contributed by atoms with Crippen molar-refractivity contribution in [2.75, 3.05) is 5.32 Å². The topological polar surface area (TPSA) is 93.1 Å². The molecule has 0 radical (unpaired) electrons. The lowest BCUT2D eigenvalue weighted by atomic mass is 9.93. The maximum absolute atomic E-state index is 12.5. The monoisotopic (exact) mass is 436 g/mol. The number of hydrogen-bond donors (Lipinski definition) is 2. The molecule has 1 aliphatic carbocycles. The number of nitrogens with one attached hydrogen (secondary N) is 2. The van der Waals surface area contributed by atoms with Crippen LogP contribution in [0.3, 0.4) is 0 Å². The molecule has 2 N–H and O–H groups in total. The van der Waals surface area contributed by atoms with Crippen LogP contribution in [0.5, 0.6) is 0 Å². The number of pyridine rings is 1. The van der Waals surface area contributed by atoms with E-state index in [0.29, 0.717) is 23.2 Å². The highest BCUT2D eigenvalue weighted by atomic mass is 32.1. The molecular weight excluding hydrogens is 412 g/mol. The van der Waals surface area contributed by atoms with Gasteiger partial charge in [-0.05, 0) is 36.8 Å². The summed E-state index contributed by atoms with van der Waals surface area (Å²) in [6.07, 6.45) is 4.44. The minimum Gasteiger partial charge on any atom is -0.348 e. The summed E-state index contributed by atoms with van der Waals surface area (Å²) < 4.78 is 1.24. The molecule has 3 aromatic rings. The average molecular weight is 437 g/mol. The zero-order valence-corrected chi connectivity index (χ0v) is 18.1. The molecule has 31 heavy (non-hydrogen) atoms. The summed E-state index contributed by atoms with van der Waals surface area (Å²) in [4.78, 5) is 42.9. The third kappa shape index (κ3) is 5.27. The van der Waals surface area contributed by atoms with E-state index >= 15 is 0 Å². The van der Waals surface area contributed by atoms with Gasteiger partial charge in [-0.25, -0.2) is 4.98 Å². The summed E-state index contributed by atoms with van der Waals surface area (Å²) >= 11 is 1.50. The lowest BCUT2D eigenvalue weighted by molar-refractivity contribution is -0.116. The maximum Gasteiger partial charge on any atom is 0.253 e. The summed E-state index contributed by atoms with van der Waals surface area (Å²) in [7, 11) is 0. The number of anilines is 1. The molecule has 0 saturated heterocycles. The standard InChI is InChI=1S/C23H24N4O3S/c1-15-7-9-18-19(11-15)31-23(25-18)26-20(28)14-27-13-17(8-10-21(27)29)22(30)24-12-16-5-3-2-4-6-16/h2-6,8,10,13,15H,7,9,11-12,14H2,1H3,(H,24,30)(H,25,26,28). The lowest BCUT2D eigenvalue weighted by Gasteiger charge is -2.15. The van der Waals surface area contributed by atoms with Gasteiger partial charge in [-0.3, -0.25) is 14.4 Å². The van der Waals surface area contributed by atoms with Crippen LogP contribution in [0, 0.1) is 5.92 Å². The zero-order chi connectivity index (χ0) is 21.8. The van der Waals surface area contributed by atoms with Crippen LogP contribution in [0.25, 0.3) is 0 Å². The van der Waals surface area contributed by atoms with Gasteiger partial charge in [0.05, 0.1) is 11.3 Å². The van der Waals surface area contributed by atoms with Crippen LogP contribution >= 0.6 is 11.3 Å². The minimum absolute atomic E-state index is 0.181. The van der Waals surface area contributed by atoms with E-state index in [0.717, 1.165) is 30.5 Å². The van der Waals surface area contributed by atoms with E-state index < -0.39 is 0 Å². The van der Waals surface area contributed by atoms with Crippen LogP contribution < -0.4 is 16.2 Å². The Bertz CT molecular complexity index is 1150. The van der Waals surface area contributed by atoms with Gasteiger partial charge in [-0.2, -0.15) is 0 Å². The van der Waals surface area contributed by atoms with Crippen molar-refractivity contribution in [1.29, 1.82) is 0 Å². The fraction of sp³-hybridized carbons (Fsp3) is 0.304. The van der Waals surface area contributed by atoms with Gasteiger partial charge in [0, 0.05) is 23.7 Å². The van der Waals surface area contributed by atoms with E-state index in [-0.39, 0.29) is 23.9 Å². The predicted molar refractivity (Wildman–Crippen MR) is 120 cm³/mol. The largest absolute Gasteiger partial charge is 0.348 e. The van der Waals surface area contributed by atoms with Crippen molar-refractivity contribution in [2.24, 2.45) is 5.92 Å². The van der Waals surface area contributed by atoms with E-state index in [2.05, 4.69) is 22.5 Å². The van der Waals surface area contributed by atoms with E-state index in [1.54, 1.807) is 0 Å². The summed E-state index contributed by atoms with van der Waals surface area (Å²) in [5.41, 5.74) is 2.01. The van der Waals surface area contributed by atoms with Crippen LogP contribution in [-0.4, -0.2) is 21.4 Å². The van der Waals surface area contributed by atoms with Gasteiger partial charge in [0.2, 0.25) is 5.91 Å². The fourth-order valence-corrected chi connectivity index (χ4v) is 4.76. The molecule has 1 unspecified atom stereocenters. The highest BCUT2D eigenvalue weighted by molar-refractivity contribution is 7.15. The number of nitrogens with zero attached hydrogens (tertiary/aromatic N) is 2. The number of carbonyl (C=O) groups excluding carboxylic acids is 2. The summed E-state index contributed by atoms with van der Waals surface area (Å²) in [5.74, 6) is -0.0197. The molecule has 0 spiro atoms. The lowest BCUT2D eigenvalue weighted by Crippen LogP contribution is -2.29. The maximum atomic E-state index is 12.5. The van der Waals surface area contributed by atoms with Crippen molar-refractivity contribution < 1.29 is 9.59 Å². The summed E-state index contributed by atoms with van der Waals surface area (Å²) in [6, 6.07) is 12.3. The second-order valence-corrected chi connectivity index (χ2v) is 8.92. The Morgan fingerprint density at radius 1 is 1.19 bits per heavy atom. The van der Waals surface area contributed by atoms with Crippen molar-refractivity contribution in [3.63, 3.8) is 0 Å². The number of aryl methyl sites for hydroxylation is 1. The molecule has 0 aliphatic heterocycles. The number of amides is 2. The SMILES string of the molecule is CC1CCc2nc(NC(=O)Cn3cc(C(=O)NCc4ccccc4)ccc3=O)sc2C1. The minimum atomic E-state index is -0.345. The number of fused-ring (bicyclic) bond motifs is 1. The van der Waals surface area contributed by atoms with Gasteiger partial charge < -0.3 is 15.2 Å². The molecule has 1 aliphatic rings. The van der Waals surface area contributed by atoms with E-state index in [1.165, 1.54) is 39.1 Å². The van der Waals surface area contributed by atoms with Crippen LogP contribution in [0.4, 0.5) is 5.13 Å². The van der Waals surface area contributed by atoms with Crippen molar-refractivity contribution in [3.05, 3.63) is 80.7 Å². The smallest absolute Gasteiger partial charge is 0.253 e. The molecule has 1 aromatic carbocycles. The van der Waals surface area contributed by atoms with E-state index in [4.69, 9.17) is 0 Å². The van der Waals surface area contributed by atoms with E-state index in [9.17, 15) is 14.4 Å². The highest BCUT2D eigenvalue weighted by Crippen LogP contribution is 2.32. The summed E-state index contributed by atoms with van der Waals surface area (Å²) in [6.45, 7) is 2.42. The normalized spacial score (nSPS) is 15.2. The van der Waals surface area contributed by atoms with Crippen molar-refractivity contribution in [1.82, 2.24) is 14.9 Å². The molecule has 2 amide bonds. The quantitative estimate of drug-likeness (QED) is 0.621. The number of rotatable bonds is 6. The Morgan fingerprint density at radius 3 is 2.81 bits per heavy atom. The number of thiazole rings is 1. The molecule has 1 atom stereocenters. The van der Waals surface area contributed by atoms with Gasteiger partial charge >= 0.3 is 0 Å². The first-order valence-corrected chi connectivity index (χ1v) is 11.1. The molecular formula is C23H24N4O3S. The third-order valence-corrected chi connectivity index (χ3v) is 6.32. The zero-order valence-electron chi connectivity index (χ0n) is 17.3. The Morgan fingerprint density at radius 2 is 2.00 bits per heavy atom. The summed E-state index contributed by atoms with van der Waals surface area (Å²) in [5, 5.41) is 6.18. The Labute approximate surface area is 184 Å². The first-order chi connectivity index (χ1) is 15.0. The fourth-order valence-electron chi connectivity index (χ4n) is 3.58. The molecule has 2 aromatic heterocycles. The third-order valence-electron chi connectivity index (χ3n) is 5.29. The molecule has 7 nitrogen and oxygen atoms in total. The van der Waals surface area contributed by atoms with Gasteiger partial charge in [0.25, 0.3) is 11.5 Å². The molecule has 8 heteroatoms. The molecule has 160 valence electrons. The molecule has 2 heterocycles. The van der Waals surface area contributed by atoms with E-state index in [1.807, 2.05) is 30.3 Å². The van der Waals surface area contributed by atoms with Crippen molar-refractivity contribution >= 4 is 28.3 Å². The molecule has 0 saturated carbocycles. The van der Waals surface area contributed by atoms with Gasteiger partial charge in [0.1, 0.15) is 6.54 Å². The van der Waals surface area contributed by atoms with Crippen LogP contribution in [0.1, 0.15) is 39.8 Å². The van der Waals surface area contributed by atoms with Crippen LogP contribution in [0.2, 0.25) is 0 Å². The van der Waals surface area contributed by atoms with Crippen LogP contribution in [-0.2, 0) is 30.7 Å². The second-order valence-electron chi connectivity index (χ2n) is 7.84. The Balaban J connectivity index is 1.39. The van der Waals surface area contributed by atoms with Gasteiger partial charge in [-0.15, -0.1) is 11.3 Å². The molecule has 4 rings (SSSR count). The highest BCUT2D eigenvalue weighted by Gasteiger charge is 2.20. The average Bonchev–Trinajstić information content (AvgIpc) is 3.15. The number of benzene rings is 1. The predicted octanol–water partition coefficient (Wildman–Crippen LogP) is 3.00. The van der Waals surface area contributed by atoms with Gasteiger partial charge in [0.15, 0.2) is 5.13 Å². The number of hydrogen-bond acceptors (Lipinski definition) is 5. The number of carbonyl (C=O) groups is 2. The van der Waals surface area contributed by atoms with Crippen molar-refractivity contribution in [2.45, 2.75) is 39.3 Å². The molecule has 0 bridgehead atoms. The Hall–Kier alpha value is -3.26. The Kier molecular flexibility index (Phi) is 6.27. The van der Waals surface area contributed by atoms with Crippen LogP contribution in [0.15, 0.2) is 53.5 Å². The molecule has 0 fully saturated rings. The van der Waals surface area contributed by atoms with Crippen molar-refractivity contribution in [3.8, 4) is 0 Å². The number of aromatic nitrogens is 2. The first kappa shape index (κ1) is 21.0. The first-order valence-electron chi connectivity index (χ1n) is 10.3. The second kappa shape index (κ2) is 9.26.